The Labute approximate surface area is 179 Å². The summed E-state index contributed by atoms with van der Waals surface area (Å²) < 4.78 is 0. The monoisotopic (exact) mass is 412 g/mol. The van der Waals surface area contributed by atoms with Crippen molar-refractivity contribution >= 4 is 40.4 Å². The minimum absolute atomic E-state index is 0.146. The van der Waals surface area contributed by atoms with Gasteiger partial charge in [-0.15, -0.1) is 5.10 Å². The zero-order chi connectivity index (χ0) is 21.6. The van der Waals surface area contributed by atoms with Crippen LogP contribution in [0.1, 0.15) is 6.92 Å². The number of para-hydroxylation sites is 2. The third-order valence-electron chi connectivity index (χ3n) is 4.43. The zero-order valence-corrected chi connectivity index (χ0v) is 16.8. The van der Waals surface area contributed by atoms with Crippen LogP contribution >= 0.6 is 0 Å². The second-order valence-corrected chi connectivity index (χ2v) is 6.81. The Morgan fingerprint density at radius 2 is 1.52 bits per heavy atom. The standard InChI is InChI=1S/C23H20N6O2/c1-16(30)24-22-21(23(31)29(28-22)20-10-6-3-7-11-20)27-26-19-14-12-18(13-15-19)25-17-8-4-2-5-9-17/h2-15,21,25H,1H3,(H,24,28,30). The SMILES string of the molecule is CC(=O)NC1=NN(c2ccccc2)C(=O)C1N=Nc1ccc(Nc2ccccc2)cc1. The lowest BCUT2D eigenvalue weighted by Gasteiger charge is -2.11. The Balaban J connectivity index is 1.50. The number of azo groups is 1. The van der Waals surface area contributed by atoms with Crippen LogP contribution in [-0.2, 0) is 9.59 Å². The van der Waals surface area contributed by atoms with Gasteiger partial charge in [0.2, 0.25) is 11.9 Å². The molecule has 3 aromatic rings. The lowest BCUT2D eigenvalue weighted by Crippen LogP contribution is -2.38. The maximum absolute atomic E-state index is 12.9. The number of hydrogen-bond acceptors (Lipinski definition) is 6. The molecule has 2 amide bonds. The molecule has 0 aromatic heterocycles. The van der Waals surface area contributed by atoms with Crippen molar-refractivity contribution in [1.82, 2.24) is 5.32 Å². The summed E-state index contributed by atoms with van der Waals surface area (Å²) in [6.45, 7) is 1.35. The number of nitrogens with zero attached hydrogens (tertiary/aromatic N) is 4. The summed E-state index contributed by atoms with van der Waals surface area (Å²) in [5.74, 6) is -0.577. The van der Waals surface area contributed by atoms with Gasteiger partial charge in [0.25, 0.3) is 5.91 Å². The average molecular weight is 412 g/mol. The Bertz CT molecular complexity index is 1130. The molecule has 8 heteroatoms. The molecule has 0 bridgehead atoms. The molecule has 1 unspecified atom stereocenters. The molecule has 0 saturated heterocycles. The molecule has 4 rings (SSSR count). The molecule has 31 heavy (non-hydrogen) atoms. The van der Waals surface area contributed by atoms with Crippen LogP contribution in [0.5, 0.6) is 0 Å². The van der Waals surface area contributed by atoms with Crippen molar-refractivity contribution in [2.24, 2.45) is 15.3 Å². The second-order valence-electron chi connectivity index (χ2n) is 6.81. The molecule has 0 radical (unpaired) electrons. The molecular weight excluding hydrogens is 392 g/mol. The summed E-state index contributed by atoms with van der Waals surface area (Å²) in [6, 6.07) is 25.1. The van der Waals surface area contributed by atoms with Crippen LogP contribution in [-0.4, -0.2) is 23.7 Å². The first-order chi connectivity index (χ1) is 15.1. The van der Waals surface area contributed by atoms with Crippen molar-refractivity contribution in [3.05, 3.63) is 84.9 Å². The fourth-order valence-corrected chi connectivity index (χ4v) is 3.00. The summed E-state index contributed by atoms with van der Waals surface area (Å²) in [5, 5.41) is 19.7. The summed E-state index contributed by atoms with van der Waals surface area (Å²) in [4.78, 5) is 24.4. The molecule has 2 N–H and O–H groups in total. The quantitative estimate of drug-likeness (QED) is 0.609. The number of amides is 2. The third kappa shape index (κ3) is 4.81. The molecule has 0 fully saturated rings. The largest absolute Gasteiger partial charge is 0.356 e. The van der Waals surface area contributed by atoms with E-state index in [1.165, 1.54) is 11.9 Å². The molecule has 1 atom stereocenters. The van der Waals surface area contributed by atoms with Crippen molar-refractivity contribution in [3.8, 4) is 0 Å². The van der Waals surface area contributed by atoms with Gasteiger partial charge in [0.1, 0.15) is 0 Å². The summed E-state index contributed by atoms with van der Waals surface area (Å²) >= 11 is 0. The van der Waals surface area contributed by atoms with E-state index >= 15 is 0 Å². The fraction of sp³-hybridized carbons (Fsp3) is 0.0870. The number of carbonyl (C=O) groups excluding carboxylic acids is 2. The van der Waals surface area contributed by atoms with E-state index < -0.39 is 6.04 Å². The van der Waals surface area contributed by atoms with Crippen molar-refractivity contribution in [1.29, 1.82) is 0 Å². The molecule has 0 saturated carbocycles. The summed E-state index contributed by atoms with van der Waals surface area (Å²) in [5.41, 5.74) is 3.04. The normalized spacial score (nSPS) is 15.8. The predicted octanol–water partition coefficient (Wildman–Crippen LogP) is 4.38. The van der Waals surface area contributed by atoms with Gasteiger partial charge >= 0.3 is 0 Å². The van der Waals surface area contributed by atoms with Crippen molar-refractivity contribution in [2.75, 3.05) is 10.3 Å². The van der Waals surface area contributed by atoms with E-state index in [0.717, 1.165) is 11.4 Å². The van der Waals surface area contributed by atoms with E-state index in [9.17, 15) is 9.59 Å². The lowest BCUT2D eigenvalue weighted by atomic mass is 10.2. The van der Waals surface area contributed by atoms with E-state index in [0.29, 0.717) is 11.4 Å². The average Bonchev–Trinajstić information content (AvgIpc) is 3.09. The van der Waals surface area contributed by atoms with Crippen LogP contribution in [0, 0.1) is 0 Å². The fourth-order valence-electron chi connectivity index (χ4n) is 3.00. The van der Waals surface area contributed by atoms with Gasteiger partial charge in [-0.25, -0.2) is 0 Å². The maximum Gasteiger partial charge on any atom is 0.282 e. The van der Waals surface area contributed by atoms with Gasteiger partial charge in [-0.2, -0.15) is 15.2 Å². The van der Waals surface area contributed by atoms with Gasteiger partial charge in [0.15, 0.2) is 5.84 Å². The van der Waals surface area contributed by atoms with E-state index in [1.54, 1.807) is 36.4 Å². The van der Waals surface area contributed by atoms with E-state index in [-0.39, 0.29) is 17.6 Å². The molecule has 0 aliphatic carbocycles. The Morgan fingerprint density at radius 3 is 2.16 bits per heavy atom. The van der Waals surface area contributed by atoms with Gasteiger partial charge < -0.3 is 10.6 Å². The number of hydrogen-bond donors (Lipinski definition) is 2. The van der Waals surface area contributed by atoms with E-state index in [1.807, 2.05) is 48.5 Å². The number of benzene rings is 3. The Hall–Kier alpha value is -4.33. The highest BCUT2D eigenvalue weighted by Gasteiger charge is 2.37. The second kappa shape index (κ2) is 9.00. The van der Waals surface area contributed by atoms with Gasteiger partial charge in [0.05, 0.1) is 11.4 Å². The third-order valence-corrected chi connectivity index (χ3v) is 4.43. The molecule has 1 aliphatic heterocycles. The molecule has 8 nitrogen and oxygen atoms in total. The minimum atomic E-state index is -1.02. The number of amidine groups is 1. The van der Waals surface area contributed by atoms with Crippen molar-refractivity contribution in [2.45, 2.75) is 13.0 Å². The predicted molar refractivity (Wildman–Crippen MR) is 120 cm³/mol. The van der Waals surface area contributed by atoms with Crippen LogP contribution < -0.4 is 15.6 Å². The number of nitrogens with one attached hydrogen (secondary N) is 2. The van der Waals surface area contributed by atoms with Crippen LogP contribution in [0.4, 0.5) is 22.7 Å². The topological polar surface area (TPSA) is 98.5 Å². The molecule has 0 spiro atoms. The van der Waals surface area contributed by atoms with Crippen molar-refractivity contribution in [3.63, 3.8) is 0 Å². The highest BCUT2D eigenvalue weighted by molar-refractivity contribution is 6.21. The minimum Gasteiger partial charge on any atom is -0.356 e. The van der Waals surface area contributed by atoms with Crippen LogP contribution in [0.25, 0.3) is 0 Å². The smallest absolute Gasteiger partial charge is 0.282 e. The molecule has 154 valence electrons. The molecule has 3 aromatic carbocycles. The lowest BCUT2D eigenvalue weighted by molar-refractivity contribution is -0.117. The van der Waals surface area contributed by atoms with Gasteiger partial charge in [-0.05, 0) is 48.5 Å². The number of hydrazone groups is 1. The zero-order valence-electron chi connectivity index (χ0n) is 16.8. The highest BCUT2D eigenvalue weighted by Crippen LogP contribution is 2.24. The molecule has 1 heterocycles. The number of rotatable bonds is 5. The first-order valence-electron chi connectivity index (χ1n) is 9.68. The van der Waals surface area contributed by atoms with Crippen molar-refractivity contribution < 1.29 is 9.59 Å². The molecule has 1 aliphatic rings. The first-order valence-corrected chi connectivity index (χ1v) is 9.68. The Kier molecular flexibility index (Phi) is 5.79. The first kappa shape index (κ1) is 20.0. The van der Waals surface area contributed by atoms with Gasteiger partial charge in [-0.1, -0.05) is 36.4 Å². The van der Waals surface area contributed by atoms with Crippen LogP contribution in [0.15, 0.2) is 100 Å². The Morgan fingerprint density at radius 1 is 0.903 bits per heavy atom. The maximum atomic E-state index is 12.9. The number of carbonyl (C=O) groups is 2. The molecular formula is C23H20N6O2. The van der Waals surface area contributed by atoms with E-state index in [2.05, 4.69) is 26.0 Å². The summed E-state index contributed by atoms with van der Waals surface area (Å²) in [7, 11) is 0. The van der Waals surface area contributed by atoms with Gasteiger partial charge in [-0.3, -0.25) is 9.59 Å². The number of anilines is 3. The van der Waals surface area contributed by atoms with E-state index in [4.69, 9.17) is 0 Å². The van der Waals surface area contributed by atoms with Gasteiger partial charge in [0, 0.05) is 18.3 Å². The summed E-state index contributed by atoms with van der Waals surface area (Å²) in [6.07, 6.45) is 0. The van der Waals surface area contributed by atoms with Crippen LogP contribution in [0.2, 0.25) is 0 Å². The van der Waals surface area contributed by atoms with Crippen LogP contribution in [0.3, 0.4) is 0 Å². The highest BCUT2D eigenvalue weighted by atomic mass is 16.2.